The third-order valence-corrected chi connectivity index (χ3v) is 17.9. The van der Waals surface area contributed by atoms with Crippen molar-refractivity contribution in [3.8, 4) is 28.4 Å². The fourth-order valence-electron chi connectivity index (χ4n) is 11.4. The van der Waals surface area contributed by atoms with Gasteiger partial charge in [0.1, 0.15) is 23.5 Å². The van der Waals surface area contributed by atoms with E-state index in [0.29, 0.717) is 73.3 Å². The lowest BCUT2D eigenvalue weighted by Crippen LogP contribution is -2.42. The maximum atomic E-state index is 14.7. The minimum absolute atomic E-state index is 0.00863. The highest BCUT2D eigenvalue weighted by Gasteiger charge is 2.38. The molecule has 2 bridgehead atoms. The Morgan fingerprint density at radius 3 is 2.51 bits per heavy atom. The molecule has 4 aromatic carbocycles. The number of aliphatic hydroxyl groups is 4. The Hall–Kier alpha value is -3.86. The predicted octanol–water partition coefficient (Wildman–Crippen LogP) is 9.69. The number of methoxy groups -OCH3 is 1. The first-order valence-electron chi connectivity index (χ1n) is 24.7. The smallest absolute Gasteiger partial charge is 0.168 e. The lowest BCUT2D eigenvalue weighted by Gasteiger charge is -2.39. The molecule has 0 spiro atoms. The SMILES string of the molecule is COc1c(O)ccc2c1-c1ccc3ccc(O)cc3c1C1CCC(CC(O)CSS1)C(OC1NC(CCC3(O)CCCCC3)CCC(CCO)c3cc(NCC(C)=O)c(CO)cc31)CC(=O)CC2. The molecular formula is C54H70N2O10S2. The van der Waals surface area contributed by atoms with E-state index in [1.807, 2.05) is 30.3 Å². The number of Topliss-reactive ketones (excluding diaryl/α,β-unsaturated/α-hetero) is 2. The van der Waals surface area contributed by atoms with E-state index < -0.39 is 24.0 Å². The third-order valence-electron chi connectivity index (χ3n) is 15.0. The zero-order valence-electron chi connectivity index (χ0n) is 39.5. The summed E-state index contributed by atoms with van der Waals surface area (Å²) in [4.78, 5) is 26.8. The lowest BCUT2D eigenvalue weighted by molar-refractivity contribution is -0.128. The van der Waals surface area contributed by atoms with Gasteiger partial charge in [0.05, 0.1) is 38.1 Å². The normalized spacial score (nSPS) is 25.7. The average Bonchev–Trinajstić information content (AvgIpc) is 3.41. The topological polar surface area (TPSA) is 198 Å². The summed E-state index contributed by atoms with van der Waals surface area (Å²) < 4.78 is 13.4. The van der Waals surface area contributed by atoms with Crippen LogP contribution in [0.4, 0.5) is 5.69 Å². The number of carbonyl (C=O) groups excluding carboxylic acids is 2. The molecule has 2 aliphatic carbocycles. The molecule has 68 heavy (non-hydrogen) atoms. The monoisotopic (exact) mass is 970 g/mol. The van der Waals surface area contributed by atoms with Gasteiger partial charge in [0.2, 0.25) is 0 Å². The highest BCUT2D eigenvalue weighted by Crippen LogP contribution is 2.53. The summed E-state index contributed by atoms with van der Waals surface area (Å²) in [6.45, 7) is 1.27. The number of phenols is 2. The van der Waals surface area contributed by atoms with E-state index in [0.717, 1.165) is 83.5 Å². The number of carbonyl (C=O) groups is 2. The van der Waals surface area contributed by atoms with Gasteiger partial charge in [0.25, 0.3) is 0 Å². The largest absolute Gasteiger partial charge is 0.508 e. The minimum Gasteiger partial charge on any atom is -0.508 e. The van der Waals surface area contributed by atoms with Crippen molar-refractivity contribution in [2.75, 3.05) is 31.3 Å². The minimum atomic E-state index is -0.761. The van der Waals surface area contributed by atoms with Crippen molar-refractivity contribution in [2.45, 2.75) is 158 Å². The Balaban J connectivity index is 1.24. The fraction of sp³-hybridized carbons (Fsp3) is 0.556. The van der Waals surface area contributed by atoms with Crippen LogP contribution >= 0.6 is 21.6 Å². The van der Waals surface area contributed by atoms with Gasteiger partial charge >= 0.3 is 0 Å². The summed E-state index contributed by atoms with van der Waals surface area (Å²) >= 11 is 0. The summed E-state index contributed by atoms with van der Waals surface area (Å²) in [5, 5.41) is 75.8. The van der Waals surface area contributed by atoms with E-state index in [2.05, 4.69) is 16.7 Å². The first-order valence-corrected chi connectivity index (χ1v) is 27.1. The number of phenolic OH excluding ortho intramolecular Hbond substituents is 2. The van der Waals surface area contributed by atoms with Crippen molar-refractivity contribution >= 4 is 49.6 Å². The van der Waals surface area contributed by atoms with Crippen LogP contribution in [-0.2, 0) is 27.4 Å². The van der Waals surface area contributed by atoms with Crippen LogP contribution in [0.3, 0.4) is 0 Å². The van der Waals surface area contributed by atoms with E-state index >= 15 is 0 Å². The van der Waals surface area contributed by atoms with Crippen LogP contribution in [0.15, 0.2) is 54.6 Å². The Labute approximate surface area is 408 Å². The second-order valence-corrected chi connectivity index (χ2v) is 22.4. The molecule has 8 rings (SSSR count). The van der Waals surface area contributed by atoms with Gasteiger partial charge in [0, 0.05) is 53.3 Å². The molecule has 1 saturated carbocycles. The summed E-state index contributed by atoms with van der Waals surface area (Å²) in [7, 11) is 4.83. The van der Waals surface area contributed by atoms with Crippen LogP contribution < -0.4 is 15.4 Å². The quantitative estimate of drug-likeness (QED) is 0.0625. The first-order chi connectivity index (χ1) is 32.9. The van der Waals surface area contributed by atoms with Crippen LogP contribution in [0, 0.1) is 5.92 Å². The van der Waals surface area contributed by atoms with E-state index in [-0.39, 0.29) is 78.8 Å². The molecule has 1 saturated heterocycles. The highest BCUT2D eigenvalue weighted by molar-refractivity contribution is 8.76. The molecule has 4 aromatic rings. The molecule has 8 N–H and O–H groups in total. The Bertz CT molecular complexity index is 2410. The maximum Gasteiger partial charge on any atom is 0.168 e. The number of aryl methyl sites for hydroxylation is 1. The van der Waals surface area contributed by atoms with Crippen LogP contribution in [-0.4, -0.2) is 92.1 Å². The number of fused-ring (bicyclic) bond motifs is 10. The highest BCUT2D eigenvalue weighted by atomic mass is 33.1. The number of aliphatic hydroxyl groups excluding tert-OH is 3. The van der Waals surface area contributed by atoms with Gasteiger partial charge in [-0.3, -0.25) is 14.9 Å². The number of anilines is 1. The second-order valence-electron chi connectivity index (χ2n) is 19.8. The summed E-state index contributed by atoms with van der Waals surface area (Å²) in [5.74, 6) is 0.489. The number of nitrogens with one attached hydrogen (secondary N) is 2. The van der Waals surface area contributed by atoms with E-state index in [4.69, 9.17) is 9.47 Å². The number of ether oxygens (including phenoxy) is 2. The molecule has 368 valence electrons. The van der Waals surface area contributed by atoms with Crippen LogP contribution in [0.2, 0.25) is 0 Å². The molecule has 7 atom stereocenters. The number of rotatable bonds is 12. The molecule has 0 aromatic heterocycles. The molecule has 2 aliphatic heterocycles. The number of hydrogen-bond acceptors (Lipinski definition) is 14. The number of ketones is 2. The van der Waals surface area contributed by atoms with Gasteiger partial charge in [0.15, 0.2) is 11.5 Å². The predicted molar refractivity (Wildman–Crippen MR) is 270 cm³/mol. The average molecular weight is 971 g/mol. The van der Waals surface area contributed by atoms with Crippen LogP contribution in [0.1, 0.15) is 148 Å². The fourth-order valence-corrected chi connectivity index (χ4v) is 14.3. The van der Waals surface area contributed by atoms with Gasteiger partial charge in [-0.2, -0.15) is 0 Å². The van der Waals surface area contributed by atoms with E-state index in [9.17, 15) is 40.2 Å². The van der Waals surface area contributed by atoms with Crippen molar-refractivity contribution in [3.05, 3.63) is 82.4 Å². The van der Waals surface area contributed by atoms with E-state index in [1.165, 1.54) is 14.0 Å². The van der Waals surface area contributed by atoms with Gasteiger partial charge in [-0.25, -0.2) is 0 Å². The molecule has 7 unspecified atom stereocenters. The van der Waals surface area contributed by atoms with Crippen molar-refractivity contribution in [1.82, 2.24) is 5.32 Å². The molecule has 0 radical (unpaired) electrons. The third kappa shape index (κ3) is 11.8. The van der Waals surface area contributed by atoms with Crippen molar-refractivity contribution in [3.63, 3.8) is 0 Å². The Morgan fingerprint density at radius 1 is 0.941 bits per heavy atom. The van der Waals surface area contributed by atoms with E-state index in [1.54, 1.807) is 39.8 Å². The summed E-state index contributed by atoms with van der Waals surface area (Å²) in [6.07, 6.45) is 8.21. The van der Waals surface area contributed by atoms with Crippen molar-refractivity contribution in [1.29, 1.82) is 0 Å². The summed E-state index contributed by atoms with van der Waals surface area (Å²) in [6, 6.07) is 16.8. The van der Waals surface area contributed by atoms with Crippen molar-refractivity contribution < 1.29 is 49.7 Å². The molecule has 2 heterocycles. The van der Waals surface area contributed by atoms with Crippen LogP contribution in [0.25, 0.3) is 21.9 Å². The van der Waals surface area contributed by atoms with Gasteiger partial charge < -0.3 is 45.4 Å². The summed E-state index contributed by atoms with van der Waals surface area (Å²) in [5.41, 5.74) is 5.63. The molecule has 4 aliphatic rings. The standard InChI is InChI=1S/C54H70N2O10S2/c1-32(59)29-55-46-28-43-34(19-23-57)6-12-38(18-22-54(64)20-4-3-5-21-54)56-53(45(43)25-37(46)30-58)66-48-27-40(61)14-8-35-10-16-47(63)52(65-2)50(35)42-15-9-33-7-13-39(60)26-44(33)51(42)49-17-11-36(48)24-41(62)31-67-68-49/h7,9-10,13,15-16,25-26,28,34,36,38,41,48-49,53,55-58,60,62-64H,3-6,8,11-12,14,17-24,27,29-31H2,1-2H3. The van der Waals surface area contributed by atoms with Crippen LogP contribution in [0.5, 0.6) is 17.2 Å². The molecule has 12 nitrogen and oxygen atoms in total. The Morgan fingerprint density at radius 2 is 1.75 bits per heavy atom. The zero-order valence-corrected chi connectivity index (χ0v) is 41.1. The number of benzene rings is 4. The lowest BCUT2D eigenvalue weighted by atomic mass is 9.79. The molecular weight excluding hydrogens is 901 g/mol. The van der Waals surface area contributed by atoms with Gasteiger partial charge in [-0.15, -0.1) is 0 Å². The molecule has 0 amide bonds. The second kappa shape index (κ2) is 22.9. The van der Waals surface area contributed by atoms with Gasteiger partial charge in [-0.1, -0.05) is 65.1 Å². The maximum absolute atomic E-state index is 14.7. The first kappa shape index (κ1) is 50.5. The van der Waals surface area contributed by atoms with Crippen molar-refractivity contribution in [2.24, 2.45) is 5.92 Å². The molecule has 2 fully saturated rings. The van der Waals surface area contributed by atoms with Gasteiger partial charge in [-0.05, 0) is 158 Å². The number of hydrogen-bond donors (Lipinski definition) is 8. The number of aromatic hydroxyl groups is 2. The zero-order chi connectivity index (χ0) is 48.0. The molecule has 14 heteroatoms. The Kier molecular flexibility index (Phi) is 17.0.